The Bertz CT molecular complexity index is 1240. The molecule has 1 saturated carbocycles. The third-order valence-corrected chi connectivity index (χ3v) is 6.12. The quantitative estimate of drug-likeness (QED) is 0.410. The van der Waals surface area contributed by atoms with Gasteiger partial charge in [-0.3, -0.25) is 9.48 Å². The Morgan fingerprint density at radius 1 is 1.23 bits per heavy atom. The fraction of sp³-hybridized carbons (Fsp3) is 0.417. The normalized spacial score (nSPS) is 14.5. The summed E-state index contributed by atoms with van der Waals surface area (Å²) in [5.41, 5.74) is 3.44. The number of pyridine rings is 2. The van der Waals surface area contributed by atoms with E-state index in [1.165, 1.54) is 24.4 Å². The Morgan fingerprint density at radius 3 is 2.57 bits per heavy atom. The molecule has 3 aromatic heterocycles. The Labute approximate surface area is 200 Å². The third-order valence-electron chi connectivity index (χ3n) is 6.12. The second-order valence-electron chi connectivity index (χ2n) is 8.48. The Balaban J connectivity index is 1.74. The predicted octanol–water partition coefficient (Wildman–Crippen LogP) is 4.58. The molecule has 0 saturated heterocycles. The zero-order chi connectivity index (χ0) is 25.4. The van der Waals surface area contributed by atoms with Crippen molar-refractivity contribution in [3.05, 3.63) is 47.5 Å². The first-order valence-electron chi connectivity index (χ1n) is 11.1. The minimum atomic E-state index is -4.41. The number of carbonyl (C=O) groups is 1. The molecule has 0 aromatic carbocycles. The van der Waals surface area contributed by atoms with Crippen molar-refractivity contribution >= 4 is 12.1 Å². The van der Waals surface area contributed by atoms with Gasteiger partial charge >= 0.3 is 6.18 Å². The van der Waals surface area contributed by atoms with Crippen LogP contribution in [-0.4, -0.2) is 46.1 Å². The highest BCUT2D eigenvalue weighted by atomic mass is 19.4. The summed E-state index contributed by atoms with van der Waals surface area (Å²) in [5, 5.41) is 3.79. The average molecular weight is 489 g/mol. The van der Waals surface area contributed by atoms with E-state index in [1.54, 1.807) is 12.3 Å². The van der Waals surface area contributed by atoms with Gasteiger partial charge in [0.15, 0.2) is 5.75 Å². The van der Waals surface area contributed by atoms with Crippen molar-refractivity contribution in [1.29, 1.82) is 0 Å². The molecule has 0 spiro atoms. The topological polar surface area (TPSA) is 82.4 Å². The van der Waals surface area contributed by atoms with Crippen LogP contribution >= 0.6 is 0 Å². The molecule has 0 radical (unpaired) electrons. The average Bonchev–Trinajstić information content (AvgIpc) is 3.48. The molecule has 11 heteroatoms. The van der Waals surface area contributed by atoms with E-state index in [-0.39, 0.29) is 5.69 Å². The molecule has 0 atom stereocenters. The molecule has 4 rings (SSSR count). The molecule has 1 amide bonds. The van der Waals surface area contributed by atoms with Gasteiger partial charge < -0.3 is 14.4 Å². The van der Waals surface area contributed by atoms with Crippen molar-refractivity contribution in [2.75, 3.05) is 18.6 Å². The summed E-state index contributed by atoms with van der Waals surface area (Å²) in [6, 6.07) is 3.72. The number of ether oxygens (including phenoxy) is 2. The van der Waals surface area contributed by atoms with Crippen molar-refractivity contribution in [3.8, 4) is 22.9 Å². The first kappa shape index (κ1) is 24.5. The summed E-state index contributed by atoms with van der Waals surface area (Å²) in [4.78, 5) is 22.9. The van der Waals surface area contributed by atoms with Crippen molar-refractivity contribution < 1.29 is 27.4 Å². The molecule has 3 heterocycles. The number of nitrogens with zero attached hydrogens (tertiary/aromatic N) is 5. The van der Waals surface area contributed by atoms with Gasteiger partial charge in [-0.2, -0.15) is 18.3 Å². The van der Waals surface area contributed by atoms with Crippen LogP contribution in [0.3, 0.4) is 0 Å². The van der Waals surface area contributed by atoms with Crippen LogP contribution in [-0.2, 0) is 16.9 Å². The van der Waals surface area contributed by atoms with Crippen molar-refractivity contribution in [3.63, 3.8) is 0 Å². The SMILES string of the molecule is CCOc1ncc(-c2cc(C)c(C)c(C3(N(C=O)c4cnn(CC(F)(F)F)c4)CC3)n2)cc1OC. The van der Waals surface area contributed by atoms with Gasteiger partial charge in [-0.1, -0.05) is 0 Å². The highest BCUT2D eigenvalue weighted by Gasteiger charge is 2.53. The van der Waals surface area contributed by atoms with Gasteiger partial charge in [-0.25, -0.2) is 9.97 Å². The standard InChI is InChI=1S/C24H26F3N5O3/c1-5-35-22-20(34-4)9-17(10-28-22)19-8-15(2)16(3)21(30-19)23(6-7-23)32(14-33)18-11-29-31(12-18)13-24(25,26)27/h8-12,14H,5-7,13H2,1-4H3. The van der Waals surface area contributed by atoms with Crippen LogP contribution in [0.2, 0.25) is 0 Å². The zero-order valence-corrected chi connectivity index (χ0v) is 19.9. The predicted molar refractivity (Wildman–Crippen MR) is 122 cm³/mol. The molecule has 35 heavy (non-hydrogen) atoms. The Morgan fingerprint density at radius 2 is 1.97 bits per heavy atom. The smallest absolute Gasteiger partial charge is 0.408 e. The molecule has 1 aliphatic carbocycles. The summed E-state index contributed by atoms with van der Waals surface area (Å²) >= 11 is 0. The van der Waals surface area contributed by atoms with E-state index >= 15 is 0 Å². The molecule has 0 N–H and O–H groups in total. The van der Waals surface area contributed by atoms with E-state index in [2.05, 4.69) is 10.1 Å². The lowest BCUT2D eigenvalue weighted by Crippen LogP contribution is -2.35. The second kappa shape index (κ2) is 9.20. The van der Waals surface area contributed by atoms with Gasteiger partial charge in [0.25, 0.3) is 5.88 Å². The van der Waals surface area contributed by atoms with Crippen LogP contribution in [0.1, 0.15) is 36.6 Å². The fourth-order valence-corrected chi connectivity index (χ4v) is 4.17. The lowest BCUT2D eigenvalue weighted by molar-refractivity contribution is -0.142. The number of hydrogen-bond donors (Lipinski definition) is 0. The van der Waals surface area contributed by atoms with Crippen LogP contribution in [0.15, 0.2) is 30.7 Å². The van der Waals surface area contributed by atoms with Crippen LogP contribution in [0.5, 0.6) is 11.6 Å². The fourth-order valence-electron chi connectivity index (χ4n) is 4.17. The van der Waals surface area contributed by atoms with Crippen LogP contribution < -0.4 is 14.4 Å². The summed E-state index contributed by atoms with van der Waals surface area (Å²) in [5.74, 6) is 0.850. The van der Waals surface area contributed by atoms with Crippen molar-refractivity contribution in [2.24, 2.45) is 0 Å². The van der Waals surface area contributed by atoms with Crippen molar-refractivity contribution in [2.45, 2.75) is 51.9 Å². The molecule has 186 valence electrons. The van der Waals surface area contributed by atoms with E-state index in [4.69, 9.17) is 14.5 Å². The summed E-state index contributed by atoms with van der Waals surface area (Å²) < 4.78 is 50.1. The molecule has 1 fully saturated rings. The number of carbonyl (C=O) groups excluding carboxylic acids is 1. The molecule has 0 unspecified atom stereocenters. The molecule has 8 nitrogen and oxygen atoms in total. The molecule has 1 aliphatic rings. The Hall–Kier alpha value is -3.63. The van der Waals surface area contributed by atoms with Crippen LogP contribution in [0, 0.1) is 13.8 Å². The number of aromatic nitrogens is 4. The number of halogens is 3. The van der Waals surface area contributed by atoms with E-state index < -0.39 is 18.3 Å². The van der Waals surface area contributed by atoms with Gasteiger partial charge in [0.2, 0.25) is 6.41 Å². The number of methoxy groups -OCH3 is 1. The number of hydrogen-bond acceptors (Lipinski definition) is 6. The van der Waals surface area contributed by atoms with Gasteiger partial charge in [-0.05, 0) is 56.9 Å². The minimum absolute atomic E-state index is 0.287. The summed E-state index contributed by atoms with van der Waals surface area (Å²) in [6.07, 6.45) is 1.61. The summed E-state index contributed by atoms with van der Waals surface area (Å²) in [7, 11) is 1.53. The van der Waals surface area contributed by atoms with E-state index in [9.17, 15) is 18.0 Å². The molecule has 3 aromatic rings. The number of anilines is 1. The maximum Gasteiger partial charge on any atom is 0.408 e. The molecule has 0 aliphatic heterocycles. The molecular formula is C24H26F3N5O3. The van der Waals surface area contributed by atoms with E-state index in [0.29, 0.717) is 54.4 Å². The van der Waals surface area contributed by atoms with E-state index in [1.807, 2.05) is 26.8 Å². The summed E-state index contributed by atoms with van der Waals surface area (Å²) in [6.45, 7) is 4.94. The minimum Gasteiger partial charge on any atom is -0.491 e. The van der Waals surface area contributed by atoms with Crippen LogP contribution in [0.4, 0.5) is 18.9 Å². The van der Waals surface area contributed by atoms with Gasteiger partial charge in [0.1, 0.15) is 6.54 Å². The number of alkyl halides is 3. The Kier molecular flexibility index (Phi) is 6.44. The first-order valence-corrected chi connectivity index (χ1v) is 11.1. The molecule has 0 bridgehead atoms. The van der Waals surface area contributed by atoms with Gasteiger partial charge in [0, 0.05) is 18.0 Å². The number of amides is 1. The first-order chi connectivity index (χ1) is 16.6. The monoisotopic (exact) mass is 489 g/mol. The molecular weight excluding hydrogens is 463 g/mol. The van der Waals surface area contributed by atoms with Gasteiger partial charge in [-0.15, -0.1) is 0 Å². The maximum absolute atomic E-state index is 12.8. The van der Waals surface area contributed by atoms with Gasteiger partial charge in [0.05, 0.1) is 42.5 Å². The van der Waals surface area contributed by atoms with Crippen LogP contribution in [0.25, 0.3) is 11.3 Å². The second-order valence-corrected chi connectivity index (χ2v) is 8.48. The lowest BCUT2D eigenvalue weighted by Gasteiger charge is -2.29. The highest BCUT2D eigenvalue weighted by molar-refractivity contribution is 5.79. The zero-order valence-electron chi connectivity index (χ0n) is 19.9. The third kappa shape index (κ3) is 4.80. The number of aryl methyl sites for hydroxylation is 1. The number of rotatable bonds is 9. The van der Waals surface area contributed by atoms with Crippen molar-refractivity contribution in [1.82, 2.24) is 19.7 Å². The lowest BCUT2D eigenvalue weighted by atomic mass is 9.98. The maximum atomic E-state index is 12.8. The highest BCUT2D eigenvalue weighted by Crippen LogP contribution is 2.53. The largest absolute Gasteiger partial charge is 0.491 e. The van der Waals surface area contributed by atoms with E-state index in [0.717, 1.165) is 15.8 Å².